The third-order valence-corrected chi connectivity index (χ3v) is 2.80. The van der Waals surface area contributed by atoms with Crippen LogP contribution in [-0.4, -0.2) is 41.9 Å². The molecule has 6 nitrogen and oxygen atoms in total. The second kappa shape index (κ2) is 5.48. The normalized spacial score (nSPS) is 16.2. The van der Waals surface area contributed by atoms with Gasteiger partial charge in [0.05, 0.1) is 20.2 Å². The molecule has 0 radical (unpaired) electrons. The van der Waals surface area contributed by atoms with E-state index in [2.05, 4.69) is 10.3 Å². The summed E-state index contributed by atoms with van der Waals surface area (Å²) in [5.74, 6) is 0.324. The molecule has 0 unspecified atom stereocenters. The Morgan fingerprint density at radius 3 is 3.11 bits per heavy atom. The third-order valence-electron chi connectivity index (χ3n) is 2.80. The van der Waals surface area contributed by atoms with Gasteiger partial charge in [0.2, 0.25) is 17.7 Å². The molecule has 96 valence electrons. The Labute approximate surface area is 105 Å². The van der Waals surface area contributed by atoms with Crippen LogP contribution in [0.4, 0.5) is 0 Å². The van der Waals surface area contributed by atoms with E-state index in [0.717, 1.165) is 5.56 Å². The van der Waals surface area contributed by atoms with Crippen molar-refractivity contribution in [1.29, 1.82) is 0 Å². The minimum atomic E-state index is -0.0935. The first kappa shape index (κ1) is 12.3. The summed E-state index contributed by atoms with van der Waals surface area (Å²) in [5, 5.41) is 2.56. The van der Waals surface area contributed by atoms with Gasteiger partial charge in [0.15, 0.2) is 0 Å². The van der Waals surface area contributed by atoms with E-state index < -0.39 is 0 Å². The molecule has 2 amide bonds. The lowest BCUT2D eigenvalue weighted by molar-refractivity contribution is -0.130. The Kier molecular flexibility index (Phi) is 3.76. The number of nitrogens with one attached hydrogen (secondary N) is 1. The number of methoxy groups -OCH3 is 1. The highest BCUT2D eigenvalue weighted by Crippen LogP contribution is 2.16. The molecular formula is C12H15N3O3. The molecule has 0 saturated carbocycles. The van der Waals surface area contributed by atoms with Crippen LogP contribution in [0, 0.1) is 0 Å². The number of hydrogen-bond donors (Lipinski definition) is 1. The van der Waals surface area contributed by atoms with Crippen molar-refractivity contribution in [3.05, 3.63) is 23.9 Å². The maximum atomic E-state index is 11.8. The Morgan fingerprint density at radius 2 is 2.33 bits per heavy atom. The molecule has 2 heterocycles. The van der Waals surface area contributed by atoms with Crippen LogP contribution in [0.25, 0.3) is 0 Å². The number of pyridine rings is 1. The van der Waals surface area contributed by atoms with Gasteiger partial charge in [0.1, 0.15) is 0 Å². The SMILES string of the molecule is COc1ncccc1CN1CCC(=O)NCC1=O. The summed E-state index contributed by atoms with van der Waals surface area (Å²) in [6, 6.07) is 3.66. The zero-order chi connectivity index (χ0) is 13.0. The van der Waals surface area contributed by atoms with Crippen LogP contribution < -0.4 is 10.1 Å². The quantitative estimate of drug-likeness (QED) is 0.814. The number of ether oxygens (including phenoxy) is 1. The molecule has 1 aromatic rings. The van der Waals surface area contributed by atoms with Gasteiger partial charge in [0, 0.05) is 24.7 Å². The minimum absolute atomic E-state index is 0.0570. The van der Waals surface area contributed by atoms with E-state index >= 15 is 0 Å². The second-order valence-electron chi connectivity index (χ2n) is 4.01. The van der Waals surface area contributed by atoms with E-state index in [4.69, 9.17) is 4.74 Å². The fourth-order valence-electron chi connectivity index (χ4n) is 1.84. The number of aromatic nitrogens is 1. The predicted molar refractivity (Wildman–Crippen MR) is 63.8 cm³/mol. The van der Waals surface area contributed by atoms with E-state index in [9.17, 15) is 9.59 Å². The topological polar surface area (TPSA) is 71.5 Å². The van der Waals surface area contributed by atoms with Crippen LogP contribution in [0.15, 0.2) is 18.3 Å². The second-order valence-corrected chi connectivity index (χ2v) is 4.01. The van der Waals surface area contributed by atoms with E-state index in [1.807, 2.05) is 6.07 Å². The molecule has 0 aromatic carbocycles. The van der Waals surface area contributed by atoms with Gasteiger partial charge < -0.3 is 15.0 Å². The van der Waals surface area contributed by atoms with Gasteiger partial charge in [-0.1, -0.05) is 6.07 Å². The van der Waals surface area contributed by atoms with Crippen molar-refractivity contribution in [2.45, 2.75) is 13.0 Å². The van der Waals surface area contributed by atoms with Gasteiger partial charge in [-0.25, -0.2) is 4.98 Å². The molecule has 1 aromatic heterocycles. The zero-order valence-corrected chi connectivity index (χ0v) is 10.2. The average molecular weight is 249 g/mol. The molecular weight excluding hydrogens is 234 g/mol. The fraction of sp³-hybridized carbons (Fsp3) is 0.417. The first-order valence-corrected chi connectivity index (χ1v) is 5.73. The van der Waals surface area contributed by atoms with Crippen molar-refractivity contribution in [1.82, 2.24) is 15.2 Å². The summed E-state index contributed by atoms with van der Waals surface area (Å²) in [6.45, 7) is 0.884. The third kappa shape index (κ3) is 2.77. The number of carbonyl (C=O) groups is 2. The van der Waals surface area contributed by atoms with E-state index in [0.29, 0.717) is 25.4 Å². The number of nitrogens with zero attached hydrogens (tertiary/aromatic N) is 2. The number of amides is 2. The van der Waals surface area contributed by atoms with Crippen molar-refractivity contribution in [3.8, 4) is 5.88 Å². The molecule has 1 N–H and O–H groups in total. The molecule has 0 aliphatic carbocycles. The van der Waals surface area contributed by atoms with Crippen molar-refractivity contribution < 1.29 is 14.3 Å². The van der Waals surface area contributed by atoms with E-state index in [1.165, 1.54) is 0 Å². The van der Waals surface area contributed by atoms with Crippen LogP contribution in [0.5, 0.6) is 5.88 Å². The Balaban J connectivity index is 2.12. The fourth-order valence-corrected chi connectivity index (χ4v) is 1.84. The highest BCUT2D eigenvalue weighted by molar-refractivity contribution is 5.87. The van der Waals surface area contributed by atoms with Gasteiger partial charge >= 0.3 is 0 Å². The molecule has 18 heavy (non-hydrogen) atoms. The van der Waals surface area contributed by atoms with Crippen LogP contribution in [0.2, 0.25) is 0 Å². The number of carbonyl (C=O) groups excluding carboxylic acids is 2. The molecule has 1 fully saturated rings. The minimum Gasteiger partial charge on any atom is -0.481 e. The highest BCUT2D eigenvalue weighted by Gasteiger charge is 2.21. The Hall–Kier alpha value is -2.11. The summed E-state index contributed by atoms with van der Waals surface area (Å²) in [5.41, 5.74) is 0.836. The average Bonchev–Trinajstić information content (AvgIpc) is 2.55. The number of hydrogen-bond acceptors (Lipinski definition) is 4. The molecule has 0 spiro atoms. The lowest BCUT2D eigenvalue weighted by Gasteiger charge is -2.20. The highest BCUT2D eigenvalue weighted by atomic mass is 16.5. The number of rotatable bonds is 3. The summed E-state index contributed by atoms with van der Waals surface area (Å²) in [4.78, 5) is 28.8. The smallest absolute Gasteiger partial charge is 0.242 e. The molecule has 6 heteroatoms. The molecule has 0 atom stereocenters. The van der Waals surface area contributed by atoms with Crippen molar-refractivity contribution >= 4 is 11.8 Å². The van der Waals surface area contributed by atoms with Gasteiger partial charge in [-0.2, -0.15) is 0 Å². The van der Waals surface area contributed by atoms with Gasteiger partial charge in [-0.3, -0.25) is 9.59 Å². The van der Waals surface area contributed by atoms with Gasteiger partial charge in [-0.05, 0) is 6.07 Å². The van der Waals surface area contributed by atoms with Crippen LogP contribution >= 0.6 is 0 Å². The predicted octanol–water partition coefficient (Wildman–Crippen LogP) is -0.0613. The molecule has 0 bridgehead atoms. The standard InChI is InChI=1S/C12H15N3O3/c1-18-12-9(3-2-5-13-12)8-15-6-4-10(16)14-7-11(15)17/h2-3,5H,4,6-8H2,1H3,(H,14,16). The lowest BCUT2D eigenvalue weighted by atomic mass is 10.2. The van der Waals surface area contributed by atoms with Crippen LogP contribution in [0.1, 0.15) is 12.0 Å². The molecule has 1 aliphatic heterocycles. The molecule has 1 aliphatic rings. The monoisotopic (exact) mass is 249 g/mol. The largest absolute Gasteiger partial charge is 0.481 e. The van der Waals surface area contributed by atoms with Gasteiger partial charge in [0.25, 0.3) is 0 Å². The summed E-state index contributed by atoms with van der Waals surface area (Å²) in [6.07, 6.45) is 1.96. The lowest BCUT2D eigenvalue weighted by Crippen LogP contribution is -2.34. The summed E-state index contributed by atoms with van der Waals surface area (Å²) in [7, 11) is 1.54. The van der Waals surface area contributed by atoms with Gasteiger partial charge in [-0.15, -0.1) is 0 Å². The zero-order valence-electron chi connectivity index (χ0n) is 10.2. The van der Waals surface area contributed by atoms with E-state index in [1.54, 1.807) is 24.3 Å². The first-order chi connectivity index (χ1) is 8.70. The van der Waals surface area contributed by atoms with Crippen LogP contribution in [-0.2, 0) is 16.1 Å². The maximum Gasteiger partial charge on any atom is 0.242 e. The Bertz CT molecular complexity index is 462. The van der Waals surface area contributed by atoms with Crippen molar-refractivity contribution in [2.75, 3.05) is 20.2 Å². The summed E-state index contributed by atoms with van der Waals surface area (Å²) < 4.78 is 5.14. The first-order valence-electron chi connectivity index (χ1n) is 5.73. The van der Waals surface area contributed by atoms with Crippen molar-refractivity contribution in [3.63, 3.8) is 0 Å². The van der Waals surface area contributed by atoms with Crippen LogP contribution in [0.3, 0.4) is 0 Å². The summed E-state index contributed by atoms with van der Waals surface area (Å²) >= 11 is 0. The Morgan fingerprint density at radius 1 is 1.50 bits per heavy atom. The molecule has 1 saturated heterocycles. The van der Waals surface area contributed by atoms with E-state index in [-0.39, 0.29) is 18.4 Å². The maximum absolute atomic E-state index is 11.8. The van der Waals surface area contributed by atoms with Crippen molar-refractivity contribution in [2.24, 2.45) is 0 Å². The molecule has 2 rings (SSSR count).